The Morgan fingerprint density at radius 3 is 2.53 bits per heavy atom. The first-order valence-electron chi connectivity index (χ1n) is 12.0. The SMILES string of the molecule is BC(B)(B)N1C(=O)C2(CCN(CCOc3ccc4c(c3)CN(C)C4=O)CC2)c2cc(Cl)ccc21. The summed E-state index contributed by atoms with van der Waals surface area (Å²) in [5.41, 5.74) is 3.36. The fraction of sp³-hybridized carbons (Fsp3) is 0.417. The molecule has 3 aliphatic heterocycles. The Labute approximate surface area is 208 Å². The second-order valence-corrected chi connectivity index (χ2v) is 11.2. The standard InChI is InChI=1S/C24H29B3ClN3O3/c1-29-14-15-12-17(3-4-18(15)21(29)32)34-11-10-30-8-6-23(7-9-30)19-13-16(28)2-5-20(19)31(22(23)33)24(25,26)27/h2-5,12-13H,6-11,14,25-27H2,1H3. The van der Waals surface area contributed by atoms with Gasteiger partial charge < -0.3 is 14.5 Å². The van der Waals surface area contributed by atoms with E-state index in [1.807, 2.05) is 48.3 Å². The van der Waals surface area contributed by atoms with Crippen molar-refractivity contribution >= 4 is 52.6 Å². The predicted octanol–water partition coefficient (Wildman–Crippen LogP) is 0.195. The fourth-order valence-corrected chi connectivity index (χ4v) is 5.83. The van der Waals surface area contributed by atoms with Crippen LogP contribution in [0.4, 0.5) is 5.69 Å². The van der Waals surface area contributed by atoms with Crippen molar-refractivity contribution in [3.8, 4) is 5.75 Å². The number of halogens is 1. The van der Waals surface area contributed by atoms with Gasteiger partial charge in [0.1, 0.15) is 35.9 Å². The summed E-state index contributed by atoms with van der Waals surface area (Å²) in [4.78, 5) is 31.9. The third-order valence-electron chi connectivity index (χ3n) is 7.45. The number of carbonyl (C=O) groups excluding carboxylic acids is 2. The summed E-state index contributed by atoms with van der Waals surface area (Å²) in [6.45, 7) is 3.67. The van der Waals surface area contributed by atoms with Crippen molar-refractivity contribution in [2.24, 2.45) is 0 Å². The average Bonchev–Trinajstić information content (AvgIpc) is 3.20. The predicted molar refractivity (Wildman–Crippen MR) is 142 cm³/mol. The van der Waals surface area contributed by atoms with Gasteiger partial charge in [-0.3, -0.25) is 14.5 Å². The number of likely N-dealkylation sites (tertiary alicyclic amines) is 1. The minimum atomic E-state index is -0.497. The molecule has 3 heterocycles. The number of ether oxygens (including phenoxy) is 1. The summed E-state index contributed by atoms with van der Waals surface area (Å²) in [7, 11) is 8.07. The maximum absolute atomic E-state index is 13.8. The Balaban J connectivity index is 1.23. The molecule has 0 atom stereocenters. The first kappa shape index (κ1) is 23.4. The summed E-state index contributed by atoms with van der Waals surface area (Å²) in [6.07, 6.45) is 1.55. The zero-order valence-corrected chi connectivity index (χ0v) is 21.1. The maximum Gasteiger partial charge on any atom is 0.254 e. The van der Waals surface area contributed by atoms with E-state index < -0.39 is 5.41 Å². The van der Waals surface area contributed by atoms with Crippen LogP contribution in [-0.2, 0) is 16.8 Å². The van der Waals surface area contributed by atoms with Gasteiger partial charge in [-0.2, -0.15) is 0 Å². The van der Waals surface area contributed by atoms with Gasteiger partial charge in [0.15, 0.2) is 0 Å². The lowest BCUT2D eigenvalue weighted by Crippen LogP contribution is -2.57. The molecule has 174 valence electrons. The molecule has 1 spiro atoms. The summed E-state index contributed by atoms with van der Waals surface area (Å²) in [5, 5.41) is 0.392. The van der Waals surface area contributed by atoms with Crippen molar-refractivity contribution in [3.05, 3.63) is 58.1 Å². The third kappa shape index (κ3) is 3.83. The molecule has 10 heteroatoms. The topological polar surface area (TPSA) is 53.1 Å². The highest BCUT2D eigenvalue weighted by Crippen LogP contribution is 2.50. The third-order valence-corrected chi connectivity index (χ3v) is 7.68. The largest absolute Gasteiger partial charge is 0.492 e. The van der Waals surface area contributed by atoms with Crippen molar-refractivity contribution in [2.75, 3.05) is 38.2 Å². The van der Waals surface area contributed by atoms with E-state index in [2.05, 4.69) is 28.4 Å². The van der Waals surface area contributed by atoms with Crippen molar-refractivity contribution in [1.29, 1.82) is 0 Å². The van der Waals surface area contributed by atoms with Crippen LogP contribution in [0.15, 0.2) is 36.4 Å². The van der Waals surface area contributed by atoms with Gasteiger partial charge in [-0.25, -0.2) is 0 Å². The van der Waals surface area contributed by atoms with Gasteiger partial charge >= 0.3 is 0 Å². The molecule has 2 aromatic rings. The van der Waals surface area contributed by atoms with Crippen LogP contribution in [0.5, 0.6) is 5.75 Å². The molecular formula is C24H29B3ClN3O3. The van der Waals surface area contributed by atoms with E-state index in [-0.39, 0.29) is 17.1 Å². The van der Waals surface area contributed by atoms with Gasteiger partial charge in [0.2, 0.25) is 5.91 Å². The lowest BCUT2D eigenvalue weighted by atomic mass is 9.48. The number of anilines is 1. The molecule has 0 N–H and O–H groups in total. The molecule has 1 saturated heterocycles. The van der Waals surface area contributed by atoms with Crippen LogP contribution >= 0.6 is 11.6 Å². The Hall–Kier alpha value is -2.38. The lowest BCUT2D eigenvalue weighted by molar-refractivity contribution is -0.125. The first-order chi connectivity index (χ1) is 16.1. The van der Waals surface area contributed by atoms with Crippen molar-refractivity contribution in [1.82, 2.24) is 9.80 Å². The highest BCUT2D eigenvalue weighted by Gasteiger charge is 2.54. The second kappa shape index (κ2) is 8.38. The number of hydrogen-bond donors (Lipinski definition) is 0. The minimum absolute atomic E-state index is 0.0677. The van der Waals surface area contributed by atoms with Crippen LogP contribution in [-0.4, -0.2) is 83.7 Å². The second-order valence-electron chi connectivity index (χ2n) is 10.7. The number of amides is 2. The minimum Gasteiger partial charge on any atom is -0.492 e. The van der Waals surface area contributed by atoms with E-state index in [0.29, 0.717) is 18.2 Å². The molecule has 0 aliphatic carbocycles. The van der Waals surface area contributed by atoms with Gasteiger partial charge in [-0.1, -0.05) is 11.6 Å². The molecule has 0 radical (unpaired) electrons. The van der Waals surface area contributed by atoms with E-state index in [1.54, 1.807) is 4.90 Å². The number of nitrogens with zero attached hydrogens (tertiary/aromatic N) is 3. The van der Waals surface area contributed by atoms with Crippen LogP contribution in [0, 0.1) is 0 Å². The van der Waals surface area contributed by atoms with Crippen molar-refractivity contribution in [3.63, 3.8) is 0 Å². The molecule has 0 aromatic heterocycles. The molecule has 3 aliphatic rings. The molecule has 2 aromatic carbocycles. The summed E-state index contributed by atoms with van der Waals surface area (Å²) in [6, 6.07) is 11.6. The molecule has 34 heavy (non-hydrogen) atoms. The molecule has 6 nitrogen and oxygen atoms in total. The zero-order chi connectivity index (χ0) is 24.3. The molecule has 0 bridgehead atoms. The molecule has 0 unspecified atom stereocenters. The molecular weight excluding hydrogens is 446 g/mol. The van der Waals surface area contributed by atoms with E-state index in [4.69, 9.17) is 16.3 Å². The number of hydrogen-bond acceptors (Lipinski definition) is 4. The quantitative estimate of drug-likeness (QED) is 0.580. The van der Waals surface area contributed by atoms with E-state index in [1.165, 1.54) is 0 Å². The lowest BCUT2D eigenvalue weighted by Gasteiger charge is -2.40. The van der Waals surface area contributed by atoms with Gasteiger partial charge in [-0.05, 0) is 78.7 Å². The molecule has 2 amide bonds. The van der Waals surface area contributed by atoms with Crippen molar-refractivity contribution < 1.29 is 14.3 Å². The van der Waals surface area contributed by atoms with Gasteiger partial charge in [-0.15, -0.1) is 0 Å². The fourth-order valence-electron chi connectivity index (χ4n) is 5.66. The Morgan fingerprint density at radius 2 is 1.82 bits per heavy atom. The Bertz CT molecular complexity index is 1160. The van der Waals surface area contributed by atoms with Gasteiger partial charge in [0.05, 0.1) is 5.41 Å². The van der Waals surface area contributed by atoms with Crippen LogP contribution in [0.3, 0.4) is 0 Å². The maximum atomic E-state index is 13.8. The first-order valence-corrected chi connectivity index (χ1v) is 12.4. The van der Waals surface area contributed by atoms with Gasteiger partial charge in [0, 0.05) is 36.4 Å². The summed E-state index contributed by atoms with van der Waals surface area (Å²) >= 11 is 6.36. The highest BCUT2D eigenvalue weighted by molar-refractivity contribution is 6.62. The summed E-state index contributed by atoms with van der Waals surface area (Å²) < 4.78 is 6.01. The molecule has 0 saturated carbocycles. The molecule has 5 rings (SSSR count). The van der Waals surface area contributed by atoms with Crippen LogP contribution in [0.1, 0.15) is 34.3 Å². The number of rotatable bonds is 5. The van der Waals surface area contributed by atoms with Crippen LogP contribution < -0.4 is 9.64 Å². The van der Waals surface area contributed by atoms with E-state index >= 15 is 0 Å². The number of benzene rings is 2. The number of carbonyl (C=O) groups is 2. The van der Waals surface area contributed by atoms with Crippen LogP contribution in [0.2, 0.25) is 5.02 Å². The number of fused-ring (bicyclic) bond motifs is 3. The molecule has 1 fully saturated rings. The van der Waals surface area contributed by atoms with E-state index in [9.17, 15) is 9.59 Å². The van der Waals surface area contributed by atoms with E-state index in [0.717, 1.165) is 60.6 Å². The zero-order valence-electron chi connectivity index (χ0n) is 20.4. The van der Waals surface area contributed by atoms with Gasteiger partial charge in [0.25, 0.3) is 5.91 Å². The average molecular weight is 475 g/mol. The summed E-state index contributed by atoms with van der Waals surface area (Å²) in [5.74, 6) is 1.06. The Morgan fingerprint density at radius 1 is 1.09 bits per heavy atom. The normalized spacial score (nSPS) is 19.6. The number of piperidine rings is 1. The van der Waals surface area contributed by atoms with Crippen LogP contribution in [0.25, 0.3) is 0 Å². The van der Waals surface area contributed by atoms with Crippen molar-refractivity contribution in [2.45, 2.75) is 30.0 Å². The monoisotopic (exact) mass is 475 g/mol. The highest BCUT2D eigenvalue weighted by atomic mass is 35.5. The Kier molecular flexibility index (Phi) is 5.76. The smallest absolute Gasteiger partial charge is 0.254 e.